The van der Waals surface area contributed by atoms with Gasteiger partial charge in [0.2, 0.25) is 0 Å². The van der Waals surface area contributed by atoms with Crippen molar-refractivity contribution in [1.82, 2.24) is 10.2 Å². The van der Waals surface area contributed by atoms with Crippen LogP contribution in [0.25, 0.3) is 0 Å². The number of hydrogen-bond donors (Lipinski definition) is 2. The number of hydrogen-bond acceptors (Lipinski definition) is 4. The van der Waals surface area contributed by atoms with Crippen molar-refractivity contribution in [2.24, 2.45) is 5.92 Å². The summed E-state index contributed by atoms with van der Waals surface area (Å²) in [5.74, 6) is 0.517. The number of piperidine rings is 1. The monoisotopic (exact) mass is 479 g/mol. The Balaban J connectivity index is 1.55. The molecule has 0 aliphatic carbocycles. The molecule has 1 fully saturated rings. The minimum absolute atomic E-state index is 0.0108. The van der Waals surface area contributed by atoms with Gasteiger partial charge in [-0.25, -0.2) is 0 Å². The standard InChI is InChI=1S/C28H37N3O4/c1-18(2)16-29-27(33)23-11-14-25(19(3)15-23)30-28(34)22-9-12-24(13-10-22)35-17-26(32)31-20(4)7-6-8-21(31)5/h9-15,18,20-21H,6-8,16-17H2,1-5H3,(H,29,33)(H,30,34). The summed E-state index contributed by atoms with van der Waals surface area (Å²) in [7, 11) is 0. The van der Waals surface area contributed by atoms with Gasteiger partial charge in [0.1, 0.15) is 5.75 Å². The van der Waals surface area contributed by atoms with Gasteiger partial charge >= 0.3 is 0 Å². The van der Waals surface area contributed by atoms with Crippen LogP contribution in [-0.4, -0.2) is 47.9 Å². The Morgan fingerprint density at radius 3 is 2.20 bits per heavy atom. The first-order valence-electron chi connectivity index (χ1n) is 12.4. The molecule has 0 aromatic heterocycles. The van der Waals surface area contributed by atoms with E-state index in [-0.39, 0.29) is 36.4 Å². The molecule has 0 radical (unpaired) electrons. The fourth-order valence-electron chi connectivity index (χ4n) is 4.37. The molecule has 3 amide bonds. The largest absolute Gasteiger partial charge is 0.484 e. The molecule has 1 aliphatic rings. The number of rotatable bonds is 8. The lowest BCUT2D eigenvalue weighted by molar-refractivity contribution is -0.139. The highest BCUT2D eigenvalue weighted by Crippen LogP contribution is 2.23. The Hall–Kier alpha value is -3.35. The van der Waals surface area contributed by atoms with E-state index in [1.54, 1.807) is 42.5 Å². The second kappa shape index (κ2) is 11.9. The molecule has 188 valence electrons. The highest BCUT2D eigenvalue weighted by Gasteiger charge is 2.29. The van der Waals surface area contributed by atoms with Gasteiger partial charge in [-0.2, -0.15) is 0 Å². The smallest absolute Gasteiger partial charge is 0.260 e. The van der Waals surface area contributed by atoms with E-state index in [1.165, 1.54) is 0 Å². The van der Waals surface area contributed by atoms with Crippen LogP contribution < -0.4 is 15.4 Å². The van der Waals surface area contributed by atoms with Crippen LogP contribution in [0.15, 0.2) is 42.5 Å². The Morgan fingerprint density at radius 2 is 1.60 bits per heavy atom. The lowest BCUT2D eigenvalue weighted by atomic mass is 9.97. The quantitative estimate of drug-likeness (QED) is 0.569. The SMILES string of the molecule is Cc1cc(C(=O)NCC(C)C)ccc1NC(=O)c1ccc(OCC(=O)N2C(C)CCCC2C)cc1. The maximum atomic E-state index is 12.7. The van der Waals surface area contributed by atoms with Gasteiger partial charge in [-0.3, -0.25) is 14.4 Å². The van der Waals surface area contributed by atoms with E-state index in [9.17, 15) is 14.4 Å². The summed E-state index contributed by atoms with van der Waals surface area (Å²) in [6.07, 6.45) is 3.19. The van der Waals surface area contributed by atoms with Crippen LogP contribution in [0.3, 0.4) is 0 Å². The molecule has 2 aromatic rings. The number of amides is 3. The molecule has 1 aliphatic heterocycles. The van der Waals surface area contributed by atoms with Gasteiger partial charge in [0, 0.05) is 35.4 Å². The zero-order chi connectivity index (χ0) is 25.5. The van der Waals surface area contributed by atoms with Crippen molar-refractivity contribution in [3.63, 3.8) is 0 Å². The zero-order valence-electron chi connectivity index (χ0n) is 21.4. The molecule has 3 rings (SSSR count). The molecule has 7 nitrogen and oxygen atoms in total. The maximum absolute atomic E-state index is 12.7. The van der Waals surface area contributed by atoms with Gasteiger partial charge in [0.15, 0.2) is 6.61 Å². The third kappa shape index (κ3) is 7.07. The lowest BCUT2D eigenvalue weighted by Gasteiger charge is -2.38. The molecular weight excluding hydrogens is 442 g/mol. The van der Waals surface area contributed by atoms with Crippen molar-refractivity contribution in [3.8, 4) is 5.75 Å². The van der Waals surface area contributed by atoms with Gasteiger partial charge in [-0.1, -0.05) is 13.8 Å². The fraction of sp³-hybridized carbons (Fsp3) is 0.464. The highest BCUT2D eigenvalue weighted by atomic mass is 16.5. The van der Waals surface area contributed by atoms with Crippen molar-refractivity contribution >= 4 is 23.4 Å². The Kier molecular flexibility index (Phi) is 8.90. The second-order valence-corrected chi connectivity index (χ2v) is 9.83. The Morgan fingerprint density at radius 1 is 0.971 bits per heavy atom. The summed E-state index contributed by atoms with van der Waals surface area (Å²) in [5, 5.41) is 5.79. The first kappa shape index (κ1) is 26.3. The summed E-state index contributed by atoms with van der Waals surface area (Å²) in [4.78, 5) is 39.6. The molecule has 0 bridgehead atoms. The van der Waals surface area contributed by atoms with Gasteiger partial charge in [-0.05, 0) is 94.0 Å². The van der Waals surface area contributed by atoms with E-state index < -0.39 is 0 Å². The number of likely N-dealkylation sites (tertiary alicyclic amines) is 1. The number of ether oxygens (including phenoxy) is 1. The van der Waals surface area contributed by atoms with E-state index in [1.807, 2.05) is 25.7 Å². The number of aryl methyl sites for hydroxylation is 1. The third-order valence-corrected chi connectivity index (χ3v) is 6.37. The van der Waals surface area contributed by atoms with Crippen LogP contribution in [0.1, 0.15) is 73.2 Å². The van der Waals surface area contributed by atoms with Gasteiger partial charge in [0.25, 0.3) is 17.7 Å². The molecule has 1 heterocycles. The highest BCUT2D eigenvalue weighted by molar-refractivity contribution is 6.05. The first-order chi connectivity index (χ1) is 16.7. The number of carbonyl (C=O) groups excluding carboxylic acids is 3. The summed E-state index contributed by atoms with van der Waals surface area (Å²) >= 11 is 0. The van der Waals surface area contributed by atoms with Crippen LogP contribution >= 0.6 is 0 Å². The zero-order valence-corrected chi connectivity index (χ0v) is 21.4. The fourth-order valence-corrected chi connectivity index (χ4v) is 4.37. The number of nitrogens with one attached hydrogen (secondary N) is 2. The minimum Gasteiger partial charge on any atom is -0.484 e. The van der Waals surface area contributed by atoms with Crippen molar-refractivity contribution in [2.75, 3.05) is 18.5 Å². The van der Waals surface area contributed by atoms with Gasteiger partial charge < -0.3 is 20.3 Å². The number of anilines is 1. The molecule has 0 saturated carbocycles. The van der Waals surface area contributed by atoms with E-state index in [0.717, 1.165) is 24.8 Å². The summed E-state index contributed by atoms with van der Waals surface area (Å²) < 4.78 is 5.70. The molecule has 1 saturated heterocycles. The Labute approximate surface area is 208 Å². The molecule has 2 N–H and O–H groups in total. The topological polar surface area (TPSA) is 87.7 Å². The van der Waals surface area contributed by atoms with E-state index in [2.05, 4.69) is 24.5 Å². The predicted octanol–water partition coefficient (Wildman–Crippen LogP) is 4.80. The average molecular weight is 480 g/mol. The summed E-state index contributed by atoms with van der Waals surface area (Å²) in [6, 6.07) is 12.4. The predicted molar refractivity (Wildman–Crippen MR) is 138 cm³/mol. The molecule has 2 unspecified atom stereocenters. The van der Waals surface area contributed by atoms with E-state index >= 15 is 0 Å². The number of benzene rings is 2. The lowest BCUT2D eigenvalue weighted by Crippen LogP contribution is -2.49. The summed E-state index contributed by atoms with van der Waals surface area (Å²) in [6.45, 7) is 10.7. The second-order valence-electron chi connectivity index (χ2n) is 9.83. The molecule has 7 heteroatoms. The van der Waals surface area contributed by atoms with Crippen molar-refractivity contribution in [3.05, 3.63) is 59.2 Å². The van der Waals surface area contributed by atoms with E-state index in [4.69, 9.17) is 4.74 Å². The van der Waals surface area contributed by atoms with Gasteiger partial charge in [0.05, 0.1) is 0 Å². The Bertz CT molecular complexity index is 1040. The van der Waals surface area contributed by atoms with Crippen molar-refractivity contribution in [2.45, 2.75) is 66.0 Å². The first-order valence-corrected chi connectivity index (χ1v) is 12.4. The third-order valence-electron chi connectivity index (χ3n) is 6.37. The van der Waals surface area contributed by atoms with Crippen LogP contribution in [0.4, 0.5) is 5.69 Å². The van der Waals surface area contributed by atoms with Crippen LogP contribution in [0, 0.1) is 12.8 Å². The minimum atomic E-state index is -0.260. The molecule has 35 heavy (non-hydrogen) atoms. The molecule has 0 spiro atoms. The van der Waals surface area contributed by atoms with Gasteiger partial charge in [-0.15, -0.1) is 0 Å². The van der Waals surface area contributed by atoms with Crippen LogP contribution in [0.2, 0.25) is 0 Å². The number of nitrogens with zero attached hydrogens (tertiary/aromatic N) is 1. The van der Waals surface area contributed by atoms with Crippen molar-refractivity contribution < 1.29 is 19.1 Å². The molecular formula is C28H37N3O4. The van der Waals surface area contributed by atoms with Crippen molar-refractivity contribution in [1.29, 1.82) is 0 Å². The van der Waals surface area contributed by atoms with E-state index in [0.29, 0.717) is 35.0 Å². The molecule has 2 aromatic carbocycles. The summed E-state index contributed by atoms with van der Waals surface area (Å²) in [5.41, 5.74) is 2.48. The normalized spacial score (nSPS) is 17.7. The molecule has 2 atom stereocenters. The van der Waals surface area contributed by atoms with Crippen LogP contribution in [0.5, 0.6) is 5.75 Å². The maximum Gasteiger partial charge on any atom is 0.260 e. The average Bonchev–Trinajstić information content (AvgIpc) is 2.82. The van der Waals surface area contributed by atoms with Crippen LogP contribution in [-0.2, 0) is 4.79 Å². The number of carbonyl (C=O) groups is 3.